The molecule has 1 heterocycles. The number of ether oxygens (including phenoxy) is 1. The number of halogens is 1. The molecule has 1 amide bonds. The molecule has 0 saturated carbocycles. The molecular formula is C18H17FN2O2. The van der Waals surface area contributed by atoms with Crippen LogP contribution in [0.4, 0.5) is 15.8 Å². The molecule has 1 unspecified atom stereocenters. The van der Waals surface area contributed by atoms with Crippen LogP contribution in [0.2, 0.25) is 0 Å². The zero-order valence-electron chi connectivity index (χ0n) is 12.5. The number of nitrogen functional groups attached to an aromatic ring is 1. The summed E-state index contributed by atoms with van der Waals surface area (Å²) in [5.41, 5.74) is 7.40. The second-order valence-electron chi connectivity index (χ2n) is 5.37. The van der Waals surface area contributed by atoms with Crippen molar-refractivity contribution in [3.63, 3.8) is 0 Å². The zero-order chi connectivity index (χ0) is 16.4. The van der Waals surface area contributed by atoms with E-state index in [1.165, 1.54) is 6.07 Å². The van der Waals surface area contributed by atoms with Crippen LogP contribution in [0.25, 0.3) is 0 Å². The predicted molar refractivity (Wildman–Crippen MR) is 87.9 cm³/mol. The maximum atomic E-state index is 13.9. The van der Waals surface area contributed by atoms with E-state index in [-0.39, 0.29) is 18.1 Å². The van der Waals surface area contributed by atoms with Crippen molar-refractivity contribution in [2.75, 3.05) is 17.2 Å². The Labute approximate surface area is 134 Å². The van der Waals surface area contributed by atoms with Crippen molar-refractivity contribution in [3.05, 3.63) is 66.5 Å². The van der Waals surface area contributed by atoms with Gasteiger partial charge >= 0.3 is 0 Å². The van der Waals surface area contributed by atoms with Gasteiger partial charge in [0.2, 0.25) is 0 Å². The van der Waals surface area contributed by atoms with Gasteiger partial charge in [-0.05, 0) is 29.8 Å². The molecule has 1 aliphatic rings. The molecule has 1 atom stereocenters. The first kappa shape index (κ1) is 15.1. The zero-order valence-corrected chi connectivity index (χ0v) is 12.5. The monoisotopic (exact) mass is 312 g/mol. The molecule has 0 fully saturated rings. The molecule has 0 spiro atoms. The van der Waals surface area contributed by atoms with Crippen LogP contribution in [0.3, 0.4) is 0 Å². The van der Waals surface area contributed by atoms with Crippen LogP contribution in [0.5, 0.6) is 5.75 Å². The summed E-state index contributed by atoms with van der Waals surface area (Å²) < 4.78 is 19.6. The third-order valence-electron chi connectivity index (χ3n) is 3.76. The topological polar surface area (TPSA) is 55.6 Å². The van der Waals surface area contributed by atoms with Crippen LogP contribution in [-0.2, 0) is 11.2 Å². The van der Waals surface area contributed by atoms with E-state index >= 15 is 0 Å². The number of nitrogens with zero attached hydrogens (tertiary/aromatic N) is 1. The second kappa shape index (κ2) is 6.12. The van der Waals surface area contributed by atoms with E-state index < -0.39 is 6.10 Å². The largest absolute Gasteiger partial charge is 0.478 e. The highest BCUT2D eigenvalue weighted by Crippen LogP contribution is 2.36. The van der Waals surface area contributed by atoms with Crippen molar-refractivity contribution in [2.24, 2.45) is 0 Å². The van der Waals surface area contributed by atoms with E-state index in [0.29, 0.717) is 29.2 Å². The Hall–Kier alpha value is -2.82. The van der Waals surface area contributed by atoms with E-state index in [9.17, 15) is 9.18 Å². The van der Waals surface area contributed by atoms with Gasteiger partial charge in [-0.1, -0.05) is 24.3 Å². The van der Waals surface area contributed by atoms with Crippen molar-refractivity contribution in [2.45, 2.75) is 12.5 Å². The van der Waals surface area contributed by atoms with Gasteiger partial charge in [-0.15, -0.1) is 6.58 Å². The lowest BCUT2D eigenvalue weighted by atomic mass is 10.0. The lowest BCUT2D eigenvalue weighted by molar-refractivity contribution is -0.126. The highest BCUT2D eigenvalue weighted by molar-refractivity contribution is 6.00. The van der Waals surface area contributed by atoms with Gasteiger partial charge in [0.1, 0.15) is 11.6 Å². The maximum Gasteiger partial charge on any atom is 0.268 e. The summed E-state index contributed by atoms with van der Waals surface area (Å²) in [4.78, 5) is 14.3. The summed E-state index contributed by atoms with van der Waals surface area (Å²) >= 11 is 0. The minimum Gasteiger partial charge on any atom is -0.478 e. The molecule has 0 radical (unpaired) electrons. The number of rotatable bonds is 4. The fourth-order valence-corrected chi connectivity index (χ4v) is 2.65. The molecule has 0 bridgehead atoms. The average molecular weight is 312 g/mol. The summed E-state index contributed by atoms with van der Waals surface area (Å²) in [6.07, 6.45) is 1.03. The number of anilines is 2. The fraction of sp³-hybridized carbons (Fsp3) is 0.167. The Morgan fingerprint density at radius 1 is 1.30 bits per heavy atom. The van der Waals surface area contributed by atoms with Gasteiger partial charge in [-0.2, -0.15) is 0 Å². The van der Waals surface area contributed by atoms with Crippen molar-refractivity contribution in [1.29, 1.82) is 0 Å². The molecule has 118 valence electrons. The van der Waals surface area contributed by atoms with Crippen molar-refractivity contribution < 1.29 is 13.9 Å². The van der Waals surface area contributed by atoms with Gasteiger partial charge < -0.3 is 15.4 Å². The quantitative estimate of drug-likeness (QED) is 0.697. The molecule has 1 aliphatic heterocycles. The molecule has 0 aliphatic carbocycles. The average Bonchev–Trinajstić information content (AvgIpc) is 2.54. The van der Waals surface area contributed by atoms with Crippen molar-refractivity contribution in [3.8, 4) is 5.75 Å². The Morgan fingerprint density at radius 2 is 2.09 bits per heavy atom. The summed E-state index contributed by atoms with van der Waals surface area (Å²) in [5.74, 6) is -0.0180. The number of amides is 1. The number of hydrogen-bond acceptors (Lipinski definition) is 3. The van der Waals surface area contributed by atoms with Crippen LogP contribution >= 0.6 is 0 Å². The first-order chi connectivity index (χ1) is 11.1. The molecule has 23 heavy (non-hydrogen) atoms. The highest BCUT2D eigenvalue weighted by Gasteiger charge is 2.34. The summed E-state index contributed by atoms with van der Waals surface area (Å²) in [6.45, 7) is 4.02. The maximum absolute atomic E-state index is 13.9. The summed E-state index contributed by atoms with van der Waals surface area (Å²) in [7, 11) is 0. The van der Waals surface area contributed by atoms with Gasteiger partial charge in [0, 0.05) is 18.7 Å². The SMILES string of the molecule is C=CCN1C(=O)C(Cc2ccccc2F)Oc2ccc(N)cc21. The van der Waals surface area contributed by atoms with Gasteiger partial charge in [0.15, 0.2) is 6.10 Å². The normalized spacial score (nSPS) is 16.7. The van der Waals surface area contributed by atoms with E-state index in [4.69, 9.17) is 10.5 Å². The Morgan fingerprint density at radius 3 is 2.83 bits per heavy atom. The summed E-state index contributed by atoms with van der Waals surface area (Å²) in [6, 6.07) is 11.5. The molecule has 4 nitrogen and oxygen atoms in total. The first-order valence-electron chi connectivity index (χ1n) is 7.32. The lowest BCUT2D eigenvalue weighted by Crippen LogP contribution is -2.47. The molecule has 3 rings (SSSR count). The van der Waals surface area contributed by atoms with Crippen molar-refractivity contribution in [1.82, 2.24) is 0 Å². The molecule has 2 aromatic carbocycles. The summed E-state index contributed by atoms with van der Waals surface area (Å²) in [5, 5.41) is 0. The van der Waals surface area contributed by atoms with Crippen LogP contribution in [0.15, 0.2) is 55.1 Å². The Balaban J connectivity index is 1.94. The number of nitrogens with two attached hydrogens (primary N) is 1. The second-order valence-corrected chi connectivity index (χ2v) is 5.37. The van der Waals surface area contributed by atoms with Gasteiger partial charge in [-0.3, -0.25) is 4.79 Å². The van der Waals surface area contributed by atoms with Crippen LogP contribution in [0, 0.1) is 5.82 Å². The fourth-order valence-electron chi connectivity index (χ4n) is 2.65. The van der Waals surface area contributed by atoms with Crippen LogP contribution in [-0.4, -0.2) is 18.6 Å². The van der Waals surface area contributed by atoms with Gasteiger partial charge in [0.05, 0.1) is 5.69 Å². The molecule has 5 heteroatoms. The highest BCUT2D eigenvalue weighted by atomic mass is 19.1. The number of carbonyl (C=O) groups excluding carboxylic acids is 1. The van der Waals surface area contributed by atoms with E-state index in [1.54, 1.807) is 47.4 Å². The Bertz CT molecular complexity index is 760. The van der Waals surface area contributed by atoms with Crippen LogP contribution in [0.1, 0.15) is 5.56 Å². The minimum atomic E-state index is -0.775. The van der Waals surface area contributed by atoms with Gasteiger partial charge in [-0.25, -0.2) is 4.39 Å². The Kier molecular flexibility index (Phi) is 4.02. The van der Waals surface area contributed by atoms with E-state index in [1.807, 2.05) is 0 Å². The lowest BCUT2D eigenvalue weighted by Gasteiger charge is -2.34. The molecule has 2 N–H and O–H groups in total. The van der Waals surface area contributed by atoms with Crippen LogP contribution < -0.4 is 15.4 Å². The van der Waals surface area contributed by atoms with Crippen molar-refractivity contribution >= 4 is 17.3 Å². The number of benzene rings is 2. The molecule has 2 aromatic rings. The predicted octanol–water partition coefficient (Wildman–Crippen LogP) is 2.93. The van der Waals surface area contributed by atoms with E-state index in [2.05, 4.69) is 6.58 Å². The third kappa shape index (κ3) is 2.90. The molecule has 0 saturated heterocycles. The third-order valence-corrected chi connectivity index (χ3v) is 3.76. The number of fused-ring (bicyclic) bond motifs is 1. The van der Waals surface area contributed by atoms with Gasteiger partial charge in [0.25, 0.3) is 5.91 Å². The number of carbonyl (C=O) groups is 1. The minimum absolute atomic E-state index is 0.170. The molecular weight excluding hydrogens is 295 g/mol. The van der Waals surface area contributed by atoms with E-state index in [0.717, 1.165) is 0 Å². The standard InChI is InChI=1S/C18H17FN2O2/c1-2-9-21-15-11-13(20)7-8-16(15)23-17(18(21)22)10-12-5-3-4-6-14(12)19/h2-8,11,17H,1,9-10,20H2. The smallest absolute Gasteiger partial charge is 0.268 e. The molecule has 0 aromatic heterocycles. The number of hydrogen-bond donors (Lipinski definition) is 1. The first-order valence-corrected chi connectivity index (χ1v) is 7.32.